The molecule has 0 aliphatic carbocycles. The van der Waals surface area contributed by atoms with E-state index in [-0.39, 0.29) is 18.6 Å². The second-order valence-corrected chi connectivity index (χ2v) is 6.91. The molecule has 1 atom stereocenters. The molecule has 0 bridgehead atoms. The van der Waals surface area contributed by atoms with Crippen LogP contribution in [0.15, 0.2) is 35.7 Å². The van der Waals surface area contributed by atoms with Crippen LogP contribution < -0.4 is 10.1 Å². The number of ether oxygens (including phenoxy) is 1. The van der Waals surface area contributed by atoms with E-state index < -0.39 is 0 Å². The third-order valence-corrected chi connectivity index (χ3v) is 4.55. The molecule has 0 unspecified atom stereocenters. The average Bonchev–Trinajstić information content (AvgIpc) is 2.99. The highest BCUT2D eigenvalue weighted by Crippen LogP contribution is 2.27. The summed E-state index contributed by atoms with van der Waals surface area (Å²) in [6.07, 6.45) is 0. The van der Waals surface area contributed by atoms with Crippen LogP contribution in [0.2, 0.25) is 5.02 Å². The average molecular weight is 338 g/mol. The van der Waals surface area contributed by atoms with E-state index in [2.05, 4.69) is 19.2 Å². The summed E-state index contributed by atoms with van der Waals surface area (Å²) < 4.78 is 5.54. The van der Waals surface area contributed by atoms with Gasteiger partial charge in [-0.3, -0.25) is 4.79 Å². The molecule has 0 fully saturated rings. The van der Waals surface area contributed by atoms with E-state index in [0.29, 0.717) is 16.7 Å². The summed E-state index contributed by atoms with van der Waals surface area (Å²) in [5.41, 5.74) is 1.04. The molecule has 0 radical (unpaired) electrons. The van der Waals surface area contributed by atoms with Crippen LogP contribution in [0.1, 0.15) is 30.3 Å². The van der Waals surface area contributed by atoms with E-state index in [0.717, 1.165) is 10.4 Å². The maximum atomic E-state index is 12.1. The molecule has 0 saturated heterocycles. The highest BCUT2D eigenvalue weighted by atomic mass is 35.5. The van der Waals surface area contributed by atoms with Crippen LogP contribution in [0.3, 0.4) is 0 Å². The summed E-state index contributed by atoms with van der Waals surface area (Å²) in [6, 6.07) is 9.53. The lowest BCUT2D eigenvalue weighted by Gasteiger charge is -2.21. The number of amides is 1. The number of halogens is 1. The Labute approximate surface area is 140 Å². The van der Waals surface area contributed by atoms with Crippen molar-refractivity contribution in [3.63, 3.8) is 0 Å². The standard InChI is InChI=1S/C17H20ClNO2S/c1-11(2)17(15-5-4-8-22-15)19-16(20)10-21-14-9-12(3)6-7-13(14)18/h4-9,11,17H,10H2,1-3H3,(H,19,20)/t17-/m0/s1. The predicted octanol–water partition coefficient (Wildman–Crippen LogP) is 4.60. The highest BCUT2D eigenvalue weighted by molar-refractivity contribution is 7.10. The van der Waals surface area contributed by atoms with E-state index in [1.165, 1.54) is 0 Å². The molecule has 0 aliphatic heterocycles. The minimum absolute atomic E-state index is 0.00378. The lowest BCUT2D eigenvalue weighted by Crippen LogP contribution is -2.34. The lowest BCUT2D eigenvalue weighted by atomic mass is 10.0. The zero-order valence-corrected chi connectivity index (χ0v) is 14.5. The first-order valence-electron chi connectivity index (χ1n) is 7.19. The SMILES string of the molecule is Cc1ccc(Cl)c(OCC(=O)N[C@H](c2cccs2)C(C)C)c1. The molecule has 2 aromatic rings. The number of thiophene rings is 1. The fourth-order valence-electron chi connectivity index (χ4n) is 2.11. The largest absolute Gasteiger partial charge is 0.482 e. The molecule has 118 valence electrons. The van der Waals surface area contributed by atoms with Gasteiger partial charge in [-0.15, -0.1) is 11.3 Å². The Balaban J connectivity index is 1.96. The fraction of sp³-hybridized carbons (Fsp3) is 0.353. The Bertz CT molecular complexity index is 626. The number of rotatable bonds is 6. The first-order chi connectivity index (χ1) is 10.5. The molecule has 0 spiro atoms. The van der Waals surface area contributed by atoms with Gasteiger partial charge in [0.1, 0.15) is 5.75 Å². The van der Waals surface area contributed by atoms with Crippen LogP contribution >= 0.6 is 22.9 Å². The molecule has 1 aromatic heterocycles. The van der Waals surface area contributed by atoms with E-state index in [4.69, 9.17) is 16.3 Å². The molecule has 1 amide bonds. The topological polar surface area (TPSA) is 38.3 Å². The van der Waals surface area contributed by atoms with Gasteiger partial charge >= 0.3 is 0 Å². The van der Waals surface area contributed by atoms with Gasteiger partial charge in [-0.05, 0) is 42.0 Å². The highest BCUT2D eigenvalue weighted by Gasteiger charge is 2.19. The number of carbonyl (C=O) groups excluding carboxylic acids is 1. The molecule has 22 heavy (non-hydrogen) atoms. The monoisotopic (exact) mass is 337 g/mol. The molecule has 3 nitrogen and oxygen atoms in total. The summed E-state index contributed by atoms with van der Waals surface area (Å²) in [7, 11) is 0. The van der Waals surface area contributed by atoms with Crippen molar-refractivity contribution in [2.45, 2.75) is 26.8 Å². The van der Waals surface area contributed by atoms with E-state index >= 15 is 0 Å². The number of nitrogens with one attached hydrogen (secondary N) is 1. The van der Waals surface area contributed by atoms with Crippen LogP contribution in [0, 0.1) is 12.8 Å². The van der Waals surface area contributed by atoms with Crippen LogP contribution in [-0.2, 0) is 4.79 Å². The lowest BCUT2D eigenvalue weighted by molar-refractivity contribution is -0.124. The van der Waals surface area contributed by atoms with Crippen molar-refractivity contribution in [1.82, 2.24) is 5.32 Å². The van der Waals surface area contributed by atoms with Crippen LogP contribution in [0.5, 0.6) is 5.75 Å². The van der Waals surface area contributed by atoms with Gasteiger partial charge in [0.05, 0.1) is 11.1 Å². The Morgan fingerprint density at radius 1 is 1.36 bits per heavy atom. The summed E-state index contributed by atoms with van der Waals surface area (Å²) >= 11 is 7.71. The molecule has 1 aromatic carbocycles. The Hall–Kier alpha value is -1.52. The maximum absolute atomic E-state index is 12.1. The van der Waals surface area contributed by atoms with Crippen molar-refractivity contribution in [2.75, 3.05) is 6.61 Å². The minimum Gasteiger partial charge on any atom is -0.482 e. The smallest absolute Gasteiger partial charge is 0.258 e. The molecule has 2 rings (SSSR count). The van der Waals surface area contributed by atoms with Crippen molar-refractivity contribution < 1.29 is 9.53 Å². The molecular weight excluding hydrogens is 318 g/mol. The predicted molar refractivity (Wildman–Crippen MR) is 91.7 cm³/mol. The normalized spacial score (nSPS) is 12.2. The summed E-state index contributed by atoms with van der Waals surface area (Å²) in [6.45, 7) is 6.08. The van der Waals surface area contributed by atoms with Gasteiger partial charge in [0.2, 0.25) is 0 Å². The summed E-state index contributed by atoms with van der Waals surface area (Å²) in [4.78, 5) is 13.3. The van der Waals surface area contributed by atoms with Gasteiger partial charge in [-0.1, -0.05) is 37.6 Å². The van der Waals surface area contributed by atoms with E-state index in [1.54, 1.807) is 17.4 Å². The second-order valence-electron chi connectivity index (χ2n) is 5.53. The first kappa shape index (κ1) is 16.8. The Kier molecular flexibility index (Phi) is 5.86. The summed E-state index contributed by atoms with van der Waals surface area (Å²) in [5.74, 6) is 0.698. The number of hydrogen-bond donors (Lipinski definition) is 1. The van der Waals surface area contributed by atoms with Gasteiger partial charge in [0.25, 0.3) is 5.91 Å². The van der Waals surface area contributed by atoms with Crippen LogP contribution in [0.4, 0.5) is 0 Å². The van der Waals surface area contributed by atoms with E-state index in [1.807, 2.05) is 36.6 Å². The van der Waals surface area contributed by atoms with Gasteiger partial charge in [-0.25, -0.2) is 0 Å². The molecule has 0 aliphatic rings. The molecule has 1 heterocycles. The fourth-order valence-corrected chi connectivity index (χ4v) is 3.24. The molecule has 0 saturated carbocycles. The van der Waals surface area contributed by atoms with Crippen molar-refractivity contribution in [2.24, 2.45) is 5.92 Å². The number of carbonyl (C=O) groups is 1. The number of aryl methyl sites for hydroxylation is 1. The second kappa shape index (κ2) is 7.65. The third kappa shape index (κ3) is 4.49. The Morgan fingerprint density at radius 3 is 2.77 bits per heavy atom. The van der Waals surface area contributed by atoms with Crippen LogP contribution in [-0.4, -0.2) is 12.5 Å². The number of hydrogen-bond acceptors (Lipinski definition) is 3. The van der Waals surface area contributed by atoms with Crippen molar-refractivity contribution >= 4 is 28.8 Å². The molecular formula is C17H20ClNO2S. The van der Waals surface area contributed by atoms with Gasteiger partial charge < -0.3 is 10.1 Å². The van der Waals surface area contributed by atoms with Gasteiger partial charge in [-0.2, -0.15) is 0 Å². The number of benzene rings is 1. The third-order valence-electron chi connectivity index (χ3n) is 3.28. The van der Waals surface area contributed by atoms with Crippen LogP contribution in [0.25, 0.3) is 0 Å². The van der Waals surface area contributed by atoms with Crippen molar-refractivity contribution in [1.29, 1.82) is 0 Å². The molecule has 1 N–H and O–H groups in total. The van der Waals surface area contributed by atoms with Gasteiger partial charge in [0, 0.05) is 4.88 Å². The Morgan fingerprint density at radius 2 is 2.14 bits per heavy atom. The minimum atomic E-state index is -0.148. The van der Waals surface area contributed by atoms with Crippen molar-refractivity contribution in [3.8, 4) is 5.75 Å². The summed E-state index contributed by atoms with van der Waals surface area (Å²) in [5, 5.41) is 5.55. The first-order valence-corrected chi connectivity index (χ1v) is 8.45. The van der Waals surface area contributed by atoms with Gasteiger partial charge in [0.15, 0.2) is 6.61 Å². The zero-order chi connectivity index (χ0) is 16.1. The zero-order valence-electron chi connectivity index (χ0n) is 12.9. The maximum Gasteiger partial charge on any atom is 0.258 e. The van der Waals surface area contributed by atoms with Crippen molar-refractivity contribution in [3.05, 3.63) is 51.2 Å². The quantitative estimate of drug-likeness (QED) is 0.836. The molecule has 5 heteroatoms. The van der Waals surface area contributed by atoms with E-state index in [9.17, 15) is 4.79 Å².